The maximum Gasteiger partial charge on any atom is 0.296 e. The van der Waals surface area contributed by atoms with Gasteiger partial charge in [0.2, 0.25) is 0 Å². The van der Waals surface area contributed by atoms with Crippen LogP contribution in [-0.2, 0) is 21.2 Å². The minimum Gasteiger partial charge on any atom is -0.312 e. The lowest BCUT2D eigenvalue weighted by Crippen LogP contribution is -2.36. The SMILES string of the molecule is O=c1c2cc3c(=O)n(C(CO[N+](=O)[O-])CO[N+](=O)[O-])c(=O)c3cc2c(=O)n1CO[N+](=O)[O-]. The van der Waals surface area contributed by atoms with Gasteiger partial charge in [-0.05, 0) is 12.1 Å². The van der Waals surface area contributed by atoms with E-state index in [-0.39, 0.29) is 21.5 Å². The third kappa shape index (κ3) is 3.78. The normalized spacial score (nSPS) is 11.2. The van der Waals surface area contributed by atoms with E-state index in [1.165, 1.54) is 0 Å². The number of nitrogens with zero attached hydrogens (tertiary/aromatic N) is 5. The van der Waals surface area contributed by atoms with Crippen LogP contribution in [0.5, 0.6) is 0 Å². The standard InChI is InChI=1S/C14H9N5O13/c20-11-7-1-9-10(2-8(7)12(21)15(11)5-32-19(28)29)14(23)16(13(9)22)6(3-30-17(24)25)4-31-18(26)27/h1-2,6H,3-5H2. The molecule has 3 rings (SSSR count). The molecule has 3 aromatic rings. The molecule has 2 heterocycles. The molecule has 0 unspecified atom stereocenters. The quantitative estimate of drug-likeness (QED) is 0.239. The predicted molar refractivity (Wildman–Crippen MR) is 97.9 cm³/mol. The van der Waals surface area contributed by atoms with Gasteiger partial charge in [0.05, 0.1) is 27.6 Å². The first-order valence-corrected chi connectivity index (χ1v) is 8.27. The Morgan fingerprint density at radius 2 is 1.06 bits per heavy atom. The van der Waals surface area contributed by atoms with Gasteiger partial charge < -0.3 is 9.68 Å². The molecule has 0 bridgehead atoms. The monoisotopic (exact) mass is 455 g/mol. The molecule has 0 spiro atoms. The molecule has 0 atom stereocenters. The van der Waals surface area contributed by atoms with Crippen molar-refractivity contribution in [3.05, 3.63) is 83.9 Å². The Balaban J connectivity index is 2.19. The number of hydrogen-bond acceptors (Lipinski definition) is 13. The van der Waals surface area contributed by atoms with Crippen molar-refractivity contribution in [3.8, 4) is 0 Å². The van der Waals surface area contributed by atoms with Gasteiger partial charge >= 0.3 is 0 Å². The summed E-state index contributed by atoms with van der Waals surface area (Å²) in [4.78, 5) is 93.7. The van der Waals surface area contributed by atoms with E-state index in [1.54, 1.807) is 0 Å². The van der Waals surface area contributed by atoms with Gasteiger partial charge in [0.15, 0.2) is 6.73 Å². The van der Waals surface area contributed by atoms with E-state index >= 15 is 0 Å². The van der Waals surface area contributed by atoms with Gasteiger partial charge in [-0.25, -0.2) is 4.57 Å². The summed E-state index contributed by atoms with van der Waals surface area (Å²) in [5.74, 6) is 0. The summed E-state index contributed by atoms with van der Waals surface area (Å²) in [5.41, 5.74) is -4.23. The van der Waals surface area contributed by atoms with Gasteiger partial charge in [-0.1, -0.05) is 0 Å². The number of benzene rings is 1. The molecule has 0 aliphatic heterocycles. The molecule has 0 aliphatic rings. The van der Waals surface area contributed by atoms with Crippen molar-refractivity contribution < 1.29 is 29.8 Å². The molecule has 2 aromatic heterocycles. The predicted octanol–water partition coefficient (Wildman–Crippen LogP) is -1.96. The molecule has 0 radical (unpaired) electrons. The zero-order valence-corrected chi connectivity index (χ0v) is 15.4. The van der Waals surface area contributed by atoms with Crippen molar-refractivity contribution in [3.63, 3.8) is 0 Å². The van der Waals surface area contributed by atoms with Gasteiger partial charge in [0, 0.05) is 0 Å². The van der Waals surface area contributed by atoms with Crippen LogP contribution in [0.1, 0.15) is 6.04 Å². The van der Waals surface area contributed by atoms with Gasteiger partial charge in [-0.3, -0.25) is 28.6 Å². The second kappa shape index (κ2) is 8.08. The minimum atomic E-state index is -1.59. The maximum absolute atomic E-state index is 12.8. The van der Waals surface area contributed by atoms with Gasteiger partial charge in [0.25, 0.3) is 37.5 Å². The van der Waals surface area contributed by atoms with E-state index in [4.69, 9.17) is 0 Å². The van der Waals surface area contributed by atoms with Crippen molar-refractivity contribution in [2.24, 2.45) is 0 Å². The Kier molecular flexibility index (Phi) is 5.51. The van der Waals surface area contributed by atoms with E-state index < -0.39 is 63.5 Å². The van der Waals surface area contributed by atoms with Crippen LogP contribution in [0.3, 0.4) is 0 Å². The molecule has 18 nitrogen and oxygen atoms in total. The molecule has 32 heavy (non-hydrogen) atoms. The lowest BCUT2D eigenvalue weighted by Gasteiger charge is -2.14. The largest absolute Gasteiger partial charge is 0.312 e. The fourth-order valence-electron chi connectivity index (χ4n) is 3.09. The lowest BCUT2D eigenvalue weighted by molar-refractivity contribution is -0.768. The average molecular weight is 455 g/mol. The van der Waals surface area contributed by atoms with E-state index in [9.17, 15) is 49.5 Å². The third-order valence-electron chi connectivity index (χ3n) is 4.41. The molecular weight excluding hydrogens is 446 g/mol. The molecule has 18 heteroatoms. The Morgan fingerprint density at radius 1 is 0.688 bits per heavy atom. The second-order valence-electron chi connectivity index (χ2n) is 6.14. The molecule has 0 fully saturated rings. The van der Waals surface area contributed by atoms with Crippen molar-refractivity contribution in [2.75, 3.05) is 13.2 Å². The topological polar surface area (TPSA) is 235 Å². The average Bonchev–Trinajstić information content (AvgIpc) is 3.10. The Bertz CT molecular complexity index is 1360. The zero-order valence-electron chi connectivity index (χ0n) is 15.4. The molecule has 1 aromatic carbocycles. The van der Waals surface area contributed by atoms with Gasteiger partial charge in [-0.15, -0.1) is 30.3 Å². The van der Waals surface area contributed by atoms with Gasteiger partial charge in [-0.2, -0.15) is 0 Å². The summed E-state index contributed by atoms with van der Waals surface area (Å²) < 4.78 is 0.795. The van der Waals surface area contributed by atoms with Crippen LogP contribution >= 0.6 is 0 Å². The van der Waals surface area contributed by atoms with E-state index in [0.29, 0.717) is 9.13 Å². The molecule has 0 aliphatic carbocycles. The zero-order chi connectivity index (χ0) is 23.7. The maximum atomic E-state index is 12.8. The van der Waals surface area contributed by atoms with Crippen molar-refractivity contribution in [1.82, 2.24) is 9.13 Å². The highest BCUT2D eigenvalue weighted by atomic mass is 17.0. The van der Waals surface area contributed by atoms with Crippen LogP contribution in [-0.4, -0.2) is 37.6 Å². The Hall–Kier alpha value is -4.90. The summed E-state index contributed by atoms with van der Waals surface area (Å²) in [5, 5.41) is 26.1. The molecule has 0 saturated carbocycles. The third-order valence-corrected chi connectivity index (χ3v) is 4.41. The van der Waals surface area contributed by atoms with Crippen LogP contribution in [0.4, 0.5) is 0 Å². The Labute approximate surface area is 171 Å². The summed E-state index contributed by atoms with van der Waals surface area (Å²) in [6.07, 6.45) is 0. The molecule has 0 amide bonds. The second-order valence-corrected chi connectivity index (χ2v) is 6.14. The van der Waals surface area contributed by atoms with E-state index in [2.05, 4.69) is 14.5 Å². The first kappa shape index (κ1) is 21.8. The minimum absolute atomic E-state index is 0.344. The van der Waals surface area contributed by atoms with Crippen molar-refractivity contribution in [1.29, 1.82) is 0 Å². The highest BCUT2D eigenvalue weighted by Crippen LogP contribution is 2.16. The highest BCUT2D eigenvalue weighted by molar-refractivity contribution is 5.97. The van der Waals surface area contributed by atoms with Crippen LogP contribution in [0.2, 0.25) is 0 Å². The molecule has 0 saturated heterocycles. The number of fused-ring (bicyclic) bond motifs is 2. The first-order valence-electron chi connectivity index (χ1n) is 8.27. The van der Waals surface area contributed by atoms with E-state index in [0.717, 1.165) is 12.1 Å². The summed E-state index contributed by atoms with van der Waals surface area (Å²) >= 11 is 0. The smallest absolute Gasteiger partial charge is 0.296 e. The van der Waals surface area contributed by atoms with Crippen molar-refractivity contribution in [2.45, 2.75) is 12.8 Å². The number of aromatic nitrogens is 2. The summed E-state index contributed by atoms with van der Waals surface area (Å²) in [6.45, 7) is -2.91. The molecule has 168 valence electrons. The lowest BCUT2D eigenvalue weighted by atomic mass is 10.1. The van der Waals surface area contributed by atoms with E-state index in [1.807, 2.05) is 0 Å². The van der Waals surface area contributed by atoms with Crippen LogP contribution in [0, 0.1) is 30.3 Å². The van der Waals surface area contributed by atoms with Crippen LogP contribution < -0.4 is 22.2 Å². The fraction of sp³-hybridized carbons (Fsp3) is 0.286. The van der Waals surface area contributed by atoms with Crippen LogP contribution in [0.15, 0.2) is 31.3 Å². The molecule has 0 N–H and O–H groups in total. The number of hydrogen-bond donors (Lipinski definition) is 0. The molecular formula is C14H9N5O13. The Morgan fingerprint density at radius 3 is 1.44 bits per heavy atom. The summed E-state index contributed by atoms with van der Waals surface area (Å²) in [6, 6.07) is 0.207. The summed E-state index contributed by atoms with van der Waals surface area (Å²) in [7, 11) is 0. The fourth-order valence-corrected chi connectivity index (χ4v) is 3.09. The number of rotatable bonds is 10. The van der Waals surface area contributed by atoms with Gasteiger partial charge in [0.1, 0.15) is 13.2 Å². The highest BCUT2D eigenvalue weighted by Gasteiger charge is 2.25. The van der Waals surface area contributed by atoms with Crippen LogP contribution in [0.25, 0.3) is 21.5 Å². The van der Waals surface area contributed by atoms with Crippen molar-refractivity contribution >= 4 is 21.5 Å². The first-order chi connectivity index (χ1) is 15.0.